The fraction of sp³-hybridized carbons (Fsp3) is 0.286. The van der Waals surface area contributed by atoms with Crippen LogP contribution in [0.4, 0.5) is 0 Å². The van der Waals surface area contributed by atoms with Gasteiger partial charge in [-0.25, -0.2) is 9.13 Å². The number of hydrogen-bond donors (Lipinski definition) is 0. The van der Waals surface area contributed by atoms with Crippen LogP contribution in [0.1, 0.15) is 0 Å². The first-order valence-electron chi connectivity index (χ1n) is 17.7. The van der Waals surface area contributed by atoms with Crippen molar-refractivity contribution < 1.29 is 37.6 Å². The Morgan fingerprint density at radius 3 is 1.12 bits per heavy atom. The molecule has 6 aromatic rings. The minimum absolute atomic E-state index is 0.470. The molecule has 0 aliphatic rings. The molecule has 2 aromatic carbocycles. The first-order chi connectivity index (χ1) is 25.8. The predicted molar refractivity (Wildman–Crippen MR) is 198 cm³/mol. The van der Waals surface area contributed by atoms with Crippen molar-refractivity contribution in [1.29, 1.82) is 0 Å². The van der Waals surface area contributed by atoms with Crippen molar-refractivity contribution >= 4 is 10.8 Å². The van der Waals surface area contributed by atoms with Crippen LogP contribution in [0.25, 0.3) is 33.0 Å². The number of fused-ring (bicyclic) bond motifs is 1. The summed E-state index contributed by atoms with van der Waals surface area (Å²) in [4.78, 5) is 8.15. The lowest BCUT2D eigenvalue weighted by atomic mass is 10.1. The molecule has 0 aliphatic heterocycles. The van der Waals surface area contributed by atoms with Gasteiger partial charge in [-0.3, -0.25) is 9.97 Å². The Labute approximate surface area is 305 Å². The lowest BCUT2D eigenvalue weighted by molar-refractivity contribution is -0.698. The summed E-state index contributed by atoms with van der Waals surface area (Å²) in [6.07, 6.45) is 15.5. The van der Waals surface area contributed by atoms with Gasteiger partial charge in [-0.2, -0.15) is 0 Å². The molecule has 0 unspecified atom stereocenters. The Morgan fingerprint density at radius 2 is 0.712 bits per heavy atom. The van der Waals surface area contributed by atoms with Gasteiger partial charge in [0.1, 0.15) is 37.9 Å². The maximum atomic E-state index is 5.91. The normalized spacial score (nSPS) is 11.2. The van der Waals surface area contributed by atoms with Gasteiger partial charge >= 0.3 is 0 Å². The van der Waals surface area contributed by atoms with E-state index in [1.54, 1.807) is 24.8 Å². The molecule has 268 valence electrons. The average molecular weight is 703 g/mol. The summed E-state index contributed by atoms with van der Waals surface area (Å²) in [7, 11) is 0. The third-order valence-corrected chi connectivity index (χ3v) is 8.32. The SMILES string of the molecule is c1cc(-c2cc[n+](CCOCCOCCOc3ccc4cc(OCCOCCOCC[n+]5ccc(-c6ccncc6)cc5)ccc4c3)cc2)ccn1. The molecule has 52 heavy (non-hydrogen) atoms. The second-order valence-electron chi connectivity index (χ2n) is 11.9. The zero-order valence-electron chi connectivity index (χ0n) is 29.4. The van der Waals surface area contributed by atoms with E-state index in [2.05, 4.69) is 68.2 Å². The standard InChI is InChI=1S/C42H46N4O6/c1-3-41(51-31-29-49-27-25-47-23-21-45-17-9-37(10-18-45)35-5-13-43-14-6-35)34-40-2-4-42(33-39(1)40)52-32-30-50-28-26-48-24-22-46-19-11-38(12-20-46)36-7-15-44-16-8-36/h1-20,33-34H,21-32H2/q+2. The molecule has 4 aromatic heterocycles. The number of benzene rings is 2. The Morgan fingerprint density at radius 1 is 0.365 bits per heavy atom. The highest BCUT2D eigenvalue weighted by molar-refractivity contribution is 5.85. The molecule has 10 heteroatoms. The average Bonchev–Trinajstić information content (AvgIpc) is 3.20. The van der Waals surface area contributed by atoms with Gasteiger partial charge in [0.2, 0.25) is 0 Å². The van der Waals surface area contributed by atoms with E-state index in [1.165, 1.54) is 11.1 Å². The van der Waals surface area contributed by atoms with Crippen molar-refractivity contribution in [3.63, 3.8) is 0 Å². The zero-order valence-corrected chi connectivity index (χ0v) is 29.4. The molecule has 0 radical (unpaired) electrons. The Balaban J connectivity index is 0.765. The Kier molecular flexibility index (Phi) is 14.4. The van der Waals surface area contributed by atoms with Crippen molar-refractivity contribution in [3.8, 4) is 33.8 Å². The first-order valence-corrected chi connectivity index (χ1v) is 17.7. The largest absolute Gasteiger partial charge is 0.491 e. The summed E-state index contributed by atoms with van der Waals surface area (Å²) < 4.78 is 38.9. The lowest BCUT2D eigenvalue weighted by Gasteiger charge is -2.10. The molecule has 0 N–H and O–H groups in total. The number of rotatable bonds is 22. The molecule has 0 amide bonds. The van der Waals surface area contributed by atoms with Crippen LogP contribution in [0, 0.1) is 0 Å². The number of aromatic nitrogens is 4. The van der Waals surface area contributed by atoms with Crippen molar-refractivity contribution in [2.24, 2.45) is 0 Å². The second kappa shape index (κ2) is 20.6. The minimum Gasteiger partial charge on any atom is -0.491 e. The molecule has 0 fully saturated rings. The number of ether oxygens (including phenoxy) is 6. The first kappa shape index (κ1) is 36.5. The Bertz CT molecular complexity index is 1750. The van der Waals surface area contributed by atoms with E-state index in [9.17, 15) is 0 Å². The molecule has 0 saturated carbocycles. The van der Waals surface area contributed by atoms with Crippen molar-refractivity contribution in [1.82, 2.24) is 9.97 Å². The van der Waals surface area contributed by atoms with Crippen LogP contribution in [-0.4, -0.2) is 76.0 Å². The number of hydrogen-bond acceptors (Lipinski definition) is 8. The molecule has 10 nitrogen and oxygen atoms in total. The molecule has 0 spiro atoms. The van der Waals surface area contributed by atoms with Gasteiger partial charge in [-0.1, -0.05) is 12.1 Å². The van der Waals surface area contributed by atoms with Gasteiger partial charge in [-0.05, 0) is 81.6 Å². The highest BCUT2D eigenvalue weighted by atomic mass is 16.5. The topological polar surface area (TPSA) is 88.9 Å². The zero-order chi connectivity index (χ0) is 35.5. The van der Waals surface area contributed by atoms with Crippen molar-refractivity contribution in [3.05, 3.63) is 135 Å². The van der Waals surface area contributed by atoms with Crippen LogP contribution >= 0.6 is 0 Å². The van der Waals surface area contributed by atoms with Gasteiger partial charge < -0.3 is 28.4 Å². The molecule has 0 saturated heterocycles. The number of pyridine rings is 4. The van der Waals surface area contributed by atoms with Crippen molar-refractivity contribution in [2.45, 2.75) is 13.1 Å². The maximum Gasteiger partial charge on any atom is 0.171 e. The van der Waals surface area contributed by atoms with Gasteiger partial charge in [0.25, 0.3) is 0 Å². The quantitative estimate of drug-likeness (QED) is 0.0652. The molecule has 4 heterocycles. The fourth-order valence-corrected chi connectivity index (χ4v) is 5.49. The van der Waals surface area contributed by atoms with Crippen LogP contribution in [0.15, 0.2) is 135 Å². The lowest BCUT2D eigenvalue weighted by Crippen LogP contribution is -2.35. The third-order valence-electron chi connectivity index (χ3n) is 8.32. The van der Waals surface area contributed by atoms with E-state index < -0.39 is 0 Å². The smallest absolute Gasteiger partial charge is 0.171 e. The van der Waals surface area contributed by atoms with E-state index in [0.717, 1.165) is 46.5 Å². The van der Waals surface area contributed by atoms with Crippen LogP contribution in [-0.2, 0) is 32.0 Å². The van der Waals surface area contributed by atoms with Crippen LogP contribution in [0.2, 0.25) is 0 Å². The fourth-order valence-electron chi connectivity index (χ4n) is 5.49. The van der Waals surface area contributed by atoms with Gasteiger partial charge in [0, 0.05) is 49.1 Å². The van der Waals surface area contributed by atoms with Gasteiger partial charge in [0.15, 0.2) is 37.9 Å². The summed E-state index contributed by atoms with van der Waals surface area (Å²) >= 11 is 0. The molecule has 0 bridgehead atoms. The minimum atomic E-state index is 0.470. The molecular weight excluding hydrogens is 656 g/mol. The summed E-state index contributed by atoms with van der Waals surface area (Å²) in [6, 6.07) is 28.5. The van der Waals surface area contributed by atoms with E-state index >= 15 is 0 Å². The van der Waals surface area contributed by atoms with Gasteiger partial charge in [-0.15, -0.1) is 0 Å². The van der Waals surface area contributed by atoms with Crippen LogP contribution in [0.5, 0.6) is 11.5 Å². The predicted octanol–water partition coefficient (Wildman–Crippen LogP) is 5.76. The highest BCUT2D eigenvalue weighted by Crippen LogP contribution is 2.25. The van der Waals surface area contributed by atoms with Crippen LogP contribution in [0.3, 0.4) is 0 Å². The maximum absolute atomic E-state index is 5.91. The van der Waals surface area contributed by atoms with E-state index in [0.29, 0.717) is 66.1 Å². The monoisotopic (exact) mass is 702 g/mol. The molecule has 0 atom stereocenters. The van der Waals surface area contributed by atoms with E-state index in [4.69, 9.17) is 28.4 Å². The number of nitrogens with zero attached hydrogens (tertiary/aromatic N) is 4. The van der Waals surface area contributed by atoms with Crippen molar-refractivity contribution in [2.75, 3.05) is 66.1 Å². The summed E-state index contributed by atoms with van der Waals surface area (Å²) in [5, 5.41) is 2.17. The molecule has 6 rings (SSSR count). The Hall–Kier alpha value is -5.26. The third kappa shape index (κ3) is 11.9. The van der Waals surface area contributed by atoms with E-state index in [-0.39, 0.29) is 0 Å². The van der Waals surface area contributed by atoms with Gasteiger partial charge in [0.05, 0.1) is 39.6 Å². The second-order valence-corrected chi connectivity index (χ2v) is 11.9. The highest BCUT2D eigenvalue weighted by Gasteiger charge is 2.06. The molecular formula is C42H46N4O6+2. The summed E-state index contributed by atoms with van der Waals surface area (Å²) in [5.74, 6) is 1.61. The van der Waals surface area contributed by atoms with Crippen LogP contribution < -0.4 is 18.6 Å². The summed E-state index contributed by atoms with van der Waals surface area (Å²) in [5.41, 5.74) is 4.65. The van der Waals surface area contributed by atoms with E-state index in [1.807, 2.05) is 60.7 Å². The molecule has 0 aliphatic carbocycles. The summed E-state index contributed by atoms with van der Waals surface area (Å²) in [6.45, 7) is 6.88.